The lowest BCUT2D eigenvalue weighted by Crippen LogP contribution is -2.00. The molecule has 0 fully saturated rings. The van der Waals surface area contributed by atoms with Crippen LogP contribution in [0.1, 0.15) is 17.0 Å². The van der Waals surface area contributed by atoms with Crippen molar-refractivity contribution in [1.82, 2.24) is 4.98 Å². The van der Waals surface area contributed by atoms with E-state index in [0.717, 1.165) is 31.6 Å². The fourth-order valence-electron chi connectivity index (χ4n) is 1.65. The molecule has 0 radical (unpaired) electrons. The second kappa shape index (κ2) is 6.73. The molecule has 19 heavy (non-hydrogen) atoms. The van der Waals surface area contributed by atoms with Gasteiger partial charge in [0.25, 0.3) is 0 Å². The molecule has 0 N–H and O–H groups in total. The number of ether oxygens (including phenoxy) is 1. The van der Waals surface area contributed by atoms with E-state index in [0.29, 0.717) is 12.5 Å². The number of pyridine rings is 1. The molecule has 0 amide bonds. The number of alkyl halides is 1. The Labute approximate surface area is 134 Å². The van der Waals surface area contributed by atoms with Crippen molar-refractivity contribution in [3.05, 3.63) is 56.2 Å². The summed E-state index contributed by atoms with van der Waals surface area (Å²) in [5.41, 5.74) is 2.92. The largest absolute Gasteiger partial charge is 0.485 e. The third-order valence-corrected chi connectivity index (χ3v) is 4.01. The molecule has 0 saturated heterocycles. The third kappa shape index (κ3) is 3.94. The van der Waals surface area contributed by atoms with Crippen LogP contribution in [0.2, 0.25) is 0 Å². The summed E-state index contributed by atoms with van der Waals surface area (Å²) in [6.45, 7) is 2.39. The molecule has 2 aromatic rings. The zero-order valence-corrected chi connectivity index (χ0v) is 14.2. The predicted molar refractivity (Wildman–Crippen MR) is 84.7 cm³/mol. The summed E-state index contributed by atoms with van der Waals surface area (Å²) in [7, 11) is 0. The van der Waals surface area contributed by atoms with E-state index in [2.05, 4.69) is 36.8 Å². The standard InChI is InChI=1S/C14H12Br2ClNO/c1-9-3-2-4-11(18-9)8-19-14-12(15)5-10(7-17)6-13(14)16/h2-6H,7-8H2,1H3. The Kier molecular flexibility index (Phi) is 5.25. The molecule has 1 aromatic heterocycles. The number of halogens is 3. The average molecular weight is 406 g/mol. The molecule has 2 rings (SSSR count). The highest BCUT2D eigenvalue weighted by Gasteiger charge is 2.09. The van der Waals surface area contributed by atoms with Crippen LogP contribution in [0.15, 0.2) is 39.3 Å². The van der Waals surface area contributed by atoms with Gasteiger partial charge in [0.15, 0.2) is 0 Å². The molecule has 0 atom stereocenters. The van der Waals surface area contributed by atoms with E-state index >= 15 is 0 Å². The minimum absolute atomic E-state index is 0.430. The molecular formula is C14H12Br2ClNO. The Morgan fingerprint density at radius 3 is 2.47 bits per heavy atom. The monoisotopic (exact) mass is 403 g/mol. The van der Waals surface area contributed by atoms with Crippen molar-refractivity contribution >= 4 is 43.5 Å². The minimum Gasteiger partial charge on any atom is -0.485 e. The molecule has 1 heterocycles. The van der Waals surface area contributed by atoms with Gasteiger partial charge in [0.05, 0.1) is 14.6 Å². The minimum atomic E-state index is 0.430. The van der Waals surface area contributed by atoms with Crippen molar-refractivity contribution in [3.63, 3.8) is 0 Å². The van der Waals surface area contributed by atoms with E-state index in [4.69, 9.17) is 16.3 Å². The molecule has 0 spiro atoms. The van der Waals surface area contributed by atoms with E-state index in [1.54, 1.807) is 0 Å². The van der Waals surface area contributed by atoms with Crippen molar-refractivity contribution in [3.8, 4) is 5.75 Å². The summed E-state index contributed by atoms with van der Waals surface area (Å²) in [6.07, 6.45) is 0. The summed E-state index contributed by atoms with van der Waals surface area (Å²) >= 11 is 12.8. The first-order chi connectivity index (χ1) is 9.10. The Bertz CT molecular complexity index is 566. The molecular weight excluding hydrogens is 393 g/mol. The molecule has 0 unspecified atom stereocenters. The number of hydrogen-bond acceptors (Lipinski definition) is 2. The topological polar surface area (TPSA) is 22.1 Å². The van der Waals surface area contributed by atoms with Gasteiger partial charge in [-0.2, -0.15) is 0 Å². The number of aromatic nitrogens is 1. The van der Waals surface area contributed by atoms with Gasteiger partial charge in [0.1, 0.15) is 12.4 Å². The van der Waals surface area contributed by atoms with Crippen molar-refractivity contribution in [2.24, 2.45) is 0 Å². The van der Waals surface area contributed by atoms with Gasteiger partial charge in [-0.3, -0.25) is 4.98 Å². The molecule has 2 nitrogen and oxygen atoms in total. The lowest BCUT2D eigenvalue weighted by Gasteiger charge is -2.11. The van der Waals surface area contributed by atoms with Crippen LogP contribution in [-0.4, -0.2) is 4.98 Å². The SMILES string of the molecule is Cc1cccc(COc2c(Br)cc(CCl)cc2Br)n1. The number of aryl methyl sites for hydroxylation is 1. The number of benzene rings is 1. The van der Waals surface area contributed by atoms with E-state index < -0.39 is 0 Å². The van der Waals surface area contributed by atoms with Crippen LogP contribution in [-0.2, 0) is 12.5 Å². The first kappa shape index (κ1) is 14.8. The second-order valence-electron chi connectivity index (χ2n) is 4.08. The summed E-state index contributed by atoms with van der Waals surface area (Å²) in [5.74, 6) is 1.23. The smallest absolute Gasteiger partial charge is 0.148 e. The highest BCUT2D eigenvalue weighted by atomic mass is 79.9. The van der Waals surface area contributed by atoms with Crippen molar-refractivity contribution < 1.29 is 4.74 Å². The maximum atomic E-state index is 5.82. The lowest BCUT2D eigenvalue weighted by molar-refractivity contribution is 0.297. The van der Waals surface area contributed by atoms with Crippen molar-refractivity contribution in [2.45, 2.75) is 19.4 Å². The normalized spacial score (nSPS) is 10.5. The van der Waals surface area contributed by atoms with Crippen molar-refractivity contribution in [2.75, 3.05) is 0 Å². The molecule has 0 aliphatic carbocycles. The van der Waals surface area contributed by atoms with E-state index in [1.807, 2.05) is 37.3 Å². The molecule has 0 aliphatic rings. The molecule has 1 aromatic carbocycles. The fourth-order valence-corrected chi connectivity index (χ4v) is 3.32. The van der Waals surface area contributed by atoms with Crippen LogP contribution in [0.5, 0.6) is 5.75 Å². The average Bonchev–Trinajstić information content (AvgIpc) is 2.37. The Balaban J connectivity index is 2.16. The van der Waals surface area contributed by atoms with E-state index in [9.17, 15) is 0 Å². The van der Waals surface area contributed by atoms with Gasteiger partial charge in [-0.15, -0.1) is 11.6 Å². The van der Waals surface area contributed by atoms with Crippen LogP contribution in [0.25, 0.3) is 0 Å². The number of nitrogens with zero attached hydrogens (tertiary/aromatic N) is 1. The number of hydrogen-bond donors (Lipinski definition) is 0. The van der Waals surface area contributed by atoms with Crippen LogP contribution in [0.4, 0.5) is 0 Å². The highest BCUT2D eigenvalue weighted by Crippen LogP contribution is 2.35. The fraction of sp³-hybridized carbons (Fsp3) is 0.214. The van der Waals surface area contributed by atoms with Gasteiger partial charge < -0.3 is 4.74 Å². The van der Waals surface area contributed by atoms with Crippen LogP contribution >= 0.6 is 43.5 Å². The van der Waals surface area contributed by atoms with E-state index in [1.165, 1.54) is 0 Å². The summed E-state index contributed by atoms with van der Waals surface area (Å²) < 4.78 is 7.57. The van der Waals surface area contributed by atoms with Gasteiger partial charge in [-0.05, 0) is 68.6 Å². The lowest BCUT2D eigenvalue weighted by atomic mass is 10.2. The Hall–Kier alpha value is -0.580. The van der Waals surface area contributed by atoms with Gasteiger partial charge in [0.2, 0.25) is 0 Å². The molecule has 0 aliphatic heterocycles. The quantitative estimate of drug-likeness (QED) is 0.650. The molecule has 0 bridgehead atoms. The highest BCUT2D eigenvalue weighted by molar-refractivity contribution is 9.11. The summed E-state index contributed by atoms with van der Waals surface area (Å²) in [6, 6.07) is 9.79. The van der Waals surface area contributed by atoms with Crippen LogP contribution in [0, 0.1) is 6.92 Å². The maximum Gasteiger partial charge on any atom is 0.148 e. The van der Waals surface area contributed by atoms with Gasteiger partial charge in [0, 0.05) is 11.6 Å². The van der Waals surface area contributed by atoms with E-state index in [-0.39, 0.29) is 0 Å². The zero-order chi connectivity index (χ0) is 13.8. The molecule has 0 saturated carbocycles. The molecule has 100 valence electrons. The van der Waals surface area contributed by atoms with Gasteiger partial charge >= 0.3 is 0 Å². The van der Waals surface area contributed by atoms with Gasteiger partial charge in [-0.25, -0.2) is 0 Å². The third-order valence-electron chi connectivity index (χ3n) is 2.52. The first-order valence-corrected chi connectivity index (χ1v) is 7.81. The van der Waals surface area contributed by atoms with Crippen LogP contribution in [0.3, 0.4) is 0 Å². The maximum absolute atomic E-state index is 5.82. The first-order valence-electron chi connectivity index (χ1n) is 5.69. The van der Waals surface area contributed by atoms with Gasteiger partial charge in [-0.1, -0.05) is 6.07 Å². The summed E-state index contributed by atoms with van der Waals surface area (Å²) in [4.78, 5) is 4.40. The number of rotatable bonds is 4. The molecule has 5 heteroatoms. The summed E-state index contributed by atoms with van der Waals surface area (Å²) in [5, 5.41) is 0. The Morgan fingerprint density at radius 1 is 1.21 bits per heavy atom. The zero-order valence-electron chi connectivity index (χ0n) is 10.3. The second-order valence-corrected chi connectivity index (χ2v) is 6.06. The predicted octanol–water partition coefficient (Wildman–Crippen LogP) is 5.23. The van der Waals surface area contributed by atoms with Crippen molar-refractivity contribution in [1.29, 1.82) is 0 Å². The Morgan fingerprint density at radius 2 is 1.89 bits per heavy atom. The van der Waals surface area contributed by atoms with Crippen LogP contribution < -0.4 is 4.74 Å².